The number of fused-ring (bicyclic) bond motifs is 3. The lowest BCUT2D eigenvalue weighted by Gasteiger charge is -2.43. The Bertz CT molecular complexity index is 1060. The number of hydrogen-bond acceptors (Lipinski definition) is 3. The molecule has 0 bridgehead atoms. The Morgan fingerprint density at radius 1 is 1.19 bits per heavy atom. The van der Waals surface area contributed by atoms with Gasteiger partial charge in [0.15, 0.2) is 17.7 Å². The monoisotopic (exact) mass is 429 g/mol. The lowest BCUT2D eigenvalue weighted by molar-refractivity contribution is -0.926. The van der Waals surface area contributed by atoms with E-state index in [0.29, 0.717) is 0 Å². The second-order valence-electron chi connectivity index (χ2n) is 7.77. The molecule has 6 heteroatoms. The van der Waals surface area contributed by atoms with Gasteiger partial charge in [-0.05, 0) is 35.9 Å². The molecule has 140 valence electrons. The van der Waals surface area contributed by atoms with Gasteiger partial charge < -0.3 is 18.7 Å². The molecular weight excluding hydrogens is 408 g/mol. The van der Waals surface area contributed by atoms with E-state index in [9.17, 15) is 0 Å². The number of rotatable bonds is 2. The Morgan fingerprint density at radius 3 is 2.85 bits per heavy atom. The predicted octanol–water partition coefficient (Wildman–Crippen LogP) is 4.32. The van der Waals surface area contributed by atoms with Gasteiger partial charge in [0.1, 0.15) is 0 Å². The van der Waals surface area contributed by atoms with Crippen LogP contribution in [0, 0.1) is 0 Å². The largest absolute Gasteiger partial charge is 0.492 e. The summed E-state index contributed by atoms with van der Waals surface area (Å²) in [7, 11) is 6.28. The van der Waals surface area contributed by atoms with E-state index in [0.717, 1.165) is 39.2 Å². The summed E-state index contributed by atoms with van der Waals surface area (Å²) in [6.07, 6.45) is 3.26. The highest BCUT2D eigenvalue weighted by Crippen LogP contribution is 2.51. The number of hydrogen-bond donors (Lipinski definition) is 0. The highest BCUT2D eigenvalue weighted by Gasteiger charge is 2.42. The van der Waals surface area contributed by atoms with Crippen molar-refractivity contribution in [1.29, 1.82) is 0 Å². The molecule has 0 fully saturated rings. The van der Waals surface area contributed by atoms with E-state index in [2.05, 4.69) is 71.1 Å². The lowest BCUT2D eigenvalue weighted by atomic mass is 9.93. The fourth-order valence-electron chi connectivity index (χ4n) is 4.47. The van der Waals surface area contributed by atoms with Crippen LogP contribution >= 0.6 is 15.9 Å². The highest BCUT2D eigenvalue weighted by molar-refractivity contribution is 9.10. The Morgan fingerprint density at radius 2 is 2.04 bits per heavy atom. The first-order valence-corrected chi connectivity index (χ1v) is 9.87. The number of aromatic nitrogens is 1. The summed E-state index contributed by atoms with van der Waals surface area (Å²) in [6.45, 7) is 1.29. The summed E-state index contributed by atoms with van der Waals surface area (Å²) >= 11 is 3.58. The van der Waals surface area contributed by atoms with Crippen molar-refractivity contribution in [1.82, 2.24) is 4.57 Å². The summed E-state index contributed by atoms with van der Waals surface area (Å²) in [4.78, 5) is 0. The minimum atomic E-state index is 0.0943. The molecule has 0 radical (unpaired) electrons. The van der Waals surface area contributed by atoms with Crippen LogP contribution in [0.2, 0.25) is 0 Å². The molecule has 0 saturated carbocycles. The number of halogens is 1. The van der Waals surface area contributed by atoms with E-state index in [4.69, 9.17) is 14.2 Å². The van der Waals surface area contributed by atoms with Crippen LogP contribution in [-0.4, -0.2) is 43.6 Å². The summed E-state index contributed by atoms with van der Waals surface area (Å²) in [6, 6.07) is 10.7. The molecule has 3 aromatic rings. The van der Waals surface area contributed by atoms with E-state index in [1.165, 1.54) is 22.0 Å². The Balaban J connectivity index is 1.79. The molecule has 0 N–H and O–H groups in total. The van der Waals surface area contributed by atoms with Crippen molar-refractivity contribution in [2.45, 2.75) is 12.6 Å². The van der Waals surface area contributed by atoms with Gasteiger partial charge in [-0.3, -0.25) is 4.57 Å². The van der Waals surface area contributed by atoms with Crippen LogP contribution in [0.15, 0.2) is 41.0 Å². The number of nitrogens with zero attached hydrogens (tertiary/aromatic N) is 2. The Hall–Kier alpha value is -2.18. The van der Waals surface area contributed by atoms with Gasteiger partial charge in [0.25, 0.3) is 0 Å². The first kappa shape index (κ1) is 17.0. The van der Waals surface area contributed by atoms with Gasteiger partial charge in [-0.25, -0.2) is 0 Å². The third kappa shape index (κ3) is 2.47. The average Bonchev–Trinajstić information content (AvgIpc) is 3.26. The SMILES string of the molecule is COc1c2c(cc3c1C(n1ccc4cc(Br)ccc41)[N+](C)(C)CC3)OCO2. The summed E-state index contributed by atoms with van der Waals surface area (Å²) in [5.41, 5.74) is 3.68. The zero-order chi connectivity index (χ0) is 18.8. The quantitative estimate of drug-likeness (QED) is 0.568. The van der Waals surface area contributed by atoms with Gasteiger partial charge in [0, 0.05) is 22.5 Å². The van der Waals surface area contributed by atoms with Crippen molar-refractivity contribution >= 4 is 26.8 Å². The zero-order valence-corrected chi connectivity index (χ0v) is 17.2. The van der Waals surface area contributed by atoms with E-state index < -0.39 is 0 Å². The van der Waals surface area contributed by atoms with Crippen molar-refractivity contribution in [2.24, 2.45) is 0 Å². The molecule has 0 amide bonds. The van der Waals surface area contributed by atoms with Gasteiger partial charge in [-0.1, -0.05) is 15.9 Å². The molecule has 2 aliphatic heterocycles. The second kappa shape index (κ2) is 5.91. The molecule has 0 saturated heterocycles. The Kier molecular flexibility index (Phi) is 3.71. The molecule has 0 aliphatic carbocycles. The smallest absolute Gasteiger partial charge is 0.231 e. The molecule has 5 rings (SSSR count). The molecule has 5 nitrogen and oxygen atoms in total. The molecule has 1 atom stereocenters. The normalized spacial score (nSPS) is 19.9. The van der Waals surface area contributed by atoms with Crippen LogP contribution in [-0.2, 0) is 6.42 Å². The third-order valence-corrected chi connectivity index (χ3v) is 6.26. The number of methoxy groups -OCH3 is 1. The predicted molar refractivity (Wildman–Crippen MR) is 108 cm³/mol. The molecule has 0 spiro atoms. The van der Waals surface area contributed by atoms with Gasteiger partial charge in [0.2, 0.25) is 12.5 Å². The molecule has 27 heavy (non-hydrogen) atoms. The molecule has 1 unspecified atom stereocenters. The first-order chi connectivity index (χ1) is 13.0. The molecule has 2 aromatic carbocycles. The van der Waals surface area contributed by atoms with Gasteiger partial charge in [-0.2, -0.15) is 0 Å². The van der Waals surface area contributed by atoms with Crippen LogP contribution in [0.1, 0.15) is 17.3 Å². The van der Waals surface area contributed by atoms with Gasteiger partial charge >= 0.3 is 0 Å². The Labute approximate surface area is 166 Å². The molecule has 3 heterocycles. The third-order valence-electron chi connectivity index (χ3n) is 5.77. The minimum Gasteiger partial charge on any atom is -0.492 e. The van der Waals surface area contributed by atoms with Crippen LogP contribution in [0.3, 0.4) is 0 Å². The summed E-state index contributed by atoms with van der Waals surface area (Å²) in [5, 5.41) is 1.22. The maximum Gasteiger partial charge on any atom is 0.231 e. The molecular formula is C21H22BrN2O3+. The fourth-order valence-corrected chi connectivity index (χ4v) is 4.85. The zero-order valence-electron chi connectivity index (χ0n) is 15.7. The maximum absolute atomic E-state index is 5.87. The van der Waals surface area contributed by atoms with Crippen molar-refractivity contribution in [3.63, 3.8) is 0 Å². The average molecular weight is 430 g/mol. The van der Waals surface area contributed by atoms with Crippen LogP contribution < -0.4 is 14.2 Å². The number of likely N-dealkylation sites (N-methyl/N-ethyl adjacent to an activating group) is 1. The van der Waals surface area contributed by atoms with Crippen LogP contribution in [0.4, 0.5) is 0 Å². The second-order valence-corrected chi connectivity index (χ2v) is 8.68. The number of ether oxygens (including phenoxy) is 3. The van der Waals surface area contributed by atoms with Crippen LogP contribution in [0.25, 0.3) is 10.9 Å². The van der Waals surface area contributed by atoms with Crippen molar-refractivity contribution < 1.29 is 18.7 Å². The summed E-state index contributed by atoms with van der Waals surface area (Å²) in [5.74, 6) is 2.31. The number of quaternary nitrogens is 1. The lowest BCUT2D eigenvalue weighted by Crippen LogP contribution is -2.50. The van der Waals surface area contributed by atoms with Crippen molar-refractivity contribution in [3.05, 3.63) is 52.1 Å². The number of benzene rings is 2. The maximum atomic E-state index is 5.87. The van der Waals surface area contributed by atoms with E-state index in [-0.39, 0.29) is 13.0 Å². The first-order valence-electron chi connectivity index (χ1n) is 9.08. The minimum absolute atomic E-state index is 0.0943. The standard InChI is InChI=1S/C21H22BrN2O3/c1-24(2)9-7-14-11-17-19(27-12-26-17)20(25-3)18(14)21(24)23-8-6-13-10-15(22)4-5-16(13)23/h4-6,8,10-11,21H,7,9,12H2,1-3H3/q+1. The van der Waals surface area contributed by atoms with Crippen molar-refractivity contribution in [2.75, 3.05) is 34.5 Å². The van der Waals surface area contributed by atoms with E-state index in [1.807, 2.05) is 0 Å². The topological polar surface area (TPSA) is 32.6 Å². The van der Waals surface area contributed by atoms with Gasteiger partial charge in [0.05, 0.1) is 38.8 Å². The van der Waals surface area contributed by atoms with E-state index in [1.54, 1.807) is 7.11 Å². The van der Waals surface area contributed by atoms with Crippen molar-refractivity contribution in [3.8, 4) is 17.2 Å². The highest BCUT2D eigenvalue weighted by atomic mass is 79.9. The fraction of sp³-hybridized carbons (Fsp3) is 0.333. The van der Waals surface area contributed by atoms with E-state index >= 15 is 0 Å². The molecule has 2 aliphatic rings. The van der Waals surface area contributed by atoms with Crippen LogP contribution in [0.5, 0.6) is 17.2 Å². The van der Waals surface area contributed by atoms with Gasteiger partial charge in [-0.15, -0.1) is 0 Å². The summed E-state index contributed by atoms with van der Waals surface area (Å²) < 4.78 is 21.6. The molecule has 1 aromatic heterocycles.